The van der Waals surface area contributed by atoms with Gasteiger partial charge in [0.05, 0.1) is 16.9 Å². The Morgan fingerprint density at radius 1 is 1.19 bits per heavy atom. The number of nitrogens with zero attached hydrogens (tertiary/aromatic N) is 1. The molecule has 0 bridgehead atoms. The molecule has 2 aromatic carbocycles. The third-order valence-corrected chi connectivity index (χ3v) is 4.17. The van der Waals surface area contributed by atoms with Gasteiger partial charge in [-0.1, -0.05) is 24.3 Å². The van der Waals surface area contributed by atoms with E-state index in [4.69, 9.17) is 4.74 Å². The first-order valence-corrected chi connectivity index (χ1v) is 8.27. The Morgan fingerprint density at radius 2 is 1.85 bits per heavy atom. The minimum absolute atomic E-state index is 0.0690. The molecule has 1 atom stereocenters. The van der Waals surface area contributed by atoms with Crippen molar-refractivity contribution in [3.05, 3.63) is 54.1 Å². The number of fused-ring (bicyclic) bond motifs is 1. The van der Waals surface area contributed by atoms with E-state index in [9.17, 15) is 22.8 Å². The molecule has 0 spiro atoms. The van der Waals surface area contributed by atoms with Crippen LogP contribution in [-0.2, 0) is 15.8 Å². The van der Waals surface area contributed by atoms with Crippen LogP contribution in [0.4, 0.5) is 24.5 Å². The Bertz CT molecular complexity index is 867. The Hall–Kier alpha value is -3.03. The smallest absolute Gasteiger partial charge is 0.419 e. The maximum atomic E-state index is 13.1. The maximum absolute atomic E-state index is 13.1. The lowest BCUT2D eigenvalue weighted by Gasteiger charge is -2.28. The Balaban J connectivity index is 1.84. The summed E-state index contributed by atoms with van der Waals surface area (Å²) in [5.74, 6) is -1.19. The van der Waals surface area contributed by atoms with Gasteiger partial charge < -0.3 is 15.0 Å². The third-order valence-electron chi connectivity index (χ3n) is 4.17. The summed E-state index contributed by atoms with van der Waals surface area (Å²) in [4.78, 5) is 26.1. The molecule has 5 nitrogen and oxygen atoms in total. The highest BCUT2D eigenvalue weighted by Crippen LogP contribution is 2.36. The number of carbonyl (C=O) groups is 2. The van der Waals surface area contributed by atoms with Gasteiger partial charge in [-0.05, 0) is 31.2 Å². The fourth-order valence-corrected chi connectivity index (χ4v) is 3.00. The Morgan fingerprint density at radius 3 is 2.59 bits per heavy atom. The van der Waals surface area contributed by atoms with Crippen LogP contribution in [-0.4, -0.2) is 24.5 Å². The molecule has 142 valence electrons. The van der Waals surface area contributed by atoms with Gasteiger partial charge in [-0.25, -0.2) is 0 Å². The highest BCUT2D eigenvalue weighted by atomic mass is 19.4. The molecule has 0 saturated carbocycles. The number of carbonyl (C=O) groups excluding carboxylic acids is 2. The van der Waals surface area contributed by atoms with E-state index in [1.165, 1.54) is 23.1 Å². The summed E-state index contributed by atoms with van der Waals surface area (Å²) in [7, 11) is 0. The lowest BCUT2D eigenvalue weighted by molar-refractivity contribution is -0.139. The van der Waals surface area contributed by atoms with Crippen molar-refractivity contribution in [3.63, 3.8) is 0 Å². The van der Waals surface area contributed by atoms with Gasteiger partial charge in [-0.3, -0.25) is 9.59 Å². The van der Waals surface area contributed by atoms with Crippen LogP contribution in [0.5, 0.6) is 5.75 Å². The number of nitrogens with one attached hydrogen (secondary N) is 1. The molecule has 1 unspecified atom stereocenters. The molecule has 8 heteroatoms. The molecule has 1 heterocycles. The van der Waals surface area contributed by atoms with Crippen LogP contribution in [0.2, 0.25) is 0 Å². The summed E-state index contributed by atoms with van der Waals surface area (Å²) in [6, 6.07) is 11.0. The predicted octanol–water partition coefficient (Wildman–Crippen LogP) is 3.85. The first-order chi connectivity index (χ1) is 12.8. The second kappa shape index (κ2) is 7.30. The monoisotopic (exact) mass is 378 g/mol. The fourth-order valence-electron chi connectivity index (χ4n) is 3.00. The van der Waals surface area contributed by atoms with Crippen LogP contribution >= 0.6 is 0 Å². The van der Waals surface area contributed by atoms with Crippen molar-refractivity contribution in [1.82, 2.24) is 0 Å². The van der Waals surface area contributed by atoms with E-state index in [-0.39, 0.29) is 12.3 Å². The second-order valence-corrected chi connectivity index (χ2v) is 6.16. The van der Waals surface area contributed by atoms with Crippen molar-refractivity contribution in [2.75, 3.05) is 16.8 Å². The number of amides is 2. The fraction of sp³-hybridized carbons (Fsp3) is 0.263. The normalized spacial score (nSPS) is 17.0. The van der Waals surface area contributed by atoms with Crippen molar-refractivity contribution in [2.45, 2.75) is 25.6 Å². The predicted molar refractivity (Wildman–Crippen MR) is 93.6 cm³/mol. The zero-order valence-electron chi connectivity index (χ0n) is 14.4. The molecule has 0 radical (unpaired) electrons. The number of rotatable bonds is 3. The third kappa shape index (κ3) is 4.05. The summed E-state index contributed by atoms with van der Waals surface area (Å²) < 4.78 is 44.4. The topological polar surface area (TPSA) is 58.6 Å². The average molecular weight is 378 g/mol. The molecule has 0 fully saturated rings. The van der Waals surface area contributed by atoms with Gasteiger partial charge in [-0.15, -0.1) is 0 Å². The summed E-state index contributed by atoms with van der Waals surface area (Å²) >= 11 is 0. The average Bonchev–Trinajstić information content (AvgIpc) is 2.73. The SMILES string of the molecule is CC1CC(=O)Nc2ccccc2N1C(=O)COc1ccccc1C(F)(F)F. The number of anilines is 2. The zero-order valence-corrected chi connectivity index (χ0v) is 14.4. The van der Waals surface area contributed by atoms with Gasteiger partial charge in [-0.2, -0.15) is 13.2 Å². The second-order valence-electron chi connectivity index (χ2n) is 6.16. The van der Waals surface area contributed by atoms with E-state index >= 15 is 0 Å². The number of halogens is 3. The largest absolute Gasteiger partial charge is 0.483 e. The molecule has 3 rings (SSSR count). The highest BCUT2D eigenvalue weighted by molar-refractivity contribution is 6.04. The molecule has 0 aromatic heterocycles. The number of hydrogen-bond donors (Lipinski definition) is 1. The standard InChI is InChI=1S/C19H17F3N2O3/c1-12-10-17(25)23-14-7-3-4-8-15(14)24(12)18(26)11-27-16-9-5-2-6-13(16)19(20,21)22/h2-9,12H,10-11H2,1H3,(H,23,25). The molecule has 1 aliphatic rings. The molecule has 0 aliphatic carbocycles. The van der Waals surface area contributed by atoms with Gasteiger partial charge in [0, 0.05) is 12.5 Å². The van der Waals surface area contributed by atoms with E-state index in [0.29, 0.717) is 11.4 Å². The van der Waals surface area contributed by atoms with E-state index < -0.39 is 36.0 Å². The lowest BCUT2D eigenvalue weighted by atomic mass is 10.1. The van der Waals surface area contributed by atoms with E-state index in [0.717, 1.165) is 6.07 Å². The van der Waals surface area contributed by atoms with Crippen LogP contribution in [0.15, 0.2) is 48.5 Å². The van der Waals surface area contributed by atoms with Gasteiger partial charge in [0.2, 0.25) is 5.91 Å². The van der Waals surface area contributed by atoms with Gasteiger partial charge in [0.15, 0.2) is 6.61 Å². The number of hydrogen-bond acceptors (Lipinski definition) is 3. The molecule has 0 saturated heterocycles. The first-order valence-electron chi connectivity index (χ1n) is 8.27. The summed E-state index contributed by atoms with van der Waals surface area (Å²) in [6.07, 6.45) is -4.52. The molecule has 27 heavy (non-hydrogen) atoms. The van der Waals surface area contributed by atoms with Crippen LogP contribution in [0.25, 0.3) is 0 Å². The minimum Gasteiger partial charge on any atom is -0.483 e. The summed E-state index contributed by atoms with van der Waals surface area (Å²) in [5, 5.41) is 2.72. The van der Waals surface area contributed by atoms with Crippen molar-refractivity contribution >= 4 is 23.2 Å². The zero-order chi connectivity index (χ0) is 19.6. The Kier molecular flexibility index (Phi) is 5.07. The van der Waals surface area contributed by atoms with Gasteiger partial charge >= 0.3 is 6.18 Å². The maximum Gasteiger partial charge on any atom is 0.419 e. The first kappa shape index (κ1) is 18.8. The quantitative estimate of drug-likeness (QED) is 0.883. The van der Waals surface area contributed by atoms with Crippen molar-refractivity contribution in [1.29, 1.82) is 0 Å². The molecule has 2 aromatic rings. The van der Waals surface area contributed by atoms with Gasteiger partial charge in [0.25, 0.3) is 5.91 Å². The van der Waals surface area contributed by atoms with Crippen molar-refractivity contribution in [3.8, 4) is 5.75 Å². The molecular formula is C19H17F3N2O3. The summed E-state index contributed by atoms with van der Waals surface area (Å²) in [5.41, 5.74) is 0.00316. The number of ether oxygens (including phenoxy) is 1. The van der Waals surface area contributed by atoms with E-state index in [1.54, 1.807) is 31.2 Å². The molecule has 1 aliphatic heterocycles. The van der Waals surface area contributed by atoms with Crippen LogP contribution in [0.1, 0.15) is 18.9 Å². The van der Waals surface area contributed by atoms with Crippen molar-refractivity contribution in [2.24, 2.45) is 0 Å². The van der Waals surface area contributed by atoms with Crippen LogP contribution < -0.4 is 15.0 Å². The molecule has 1 N–H and O–H groups in total. The summed E-state index contributed by atoms with van der Waals surface area (Å²) in [6.45, 7) is 1.11. The van der Waals surface area contributed by atoms with Crippen LogP contribution in [0, 0.1) is 0 Å². The van der Waals surface area contributed by atoms with Gasteiger partial charge in [0.1, 0.15) is 5.75 Å². The number of para-hydroxylation sites is 3. The molecule has 2 amide bonds. The Labute approximate surface area is 153 Å². The lowest BCUT2D eigenvalue weighted by Crippen LogP contribution is -2.41. The highest BCUT2D eigenvalue weighted by Gasteiger charge is 2.35. The number of alkyl halides is 3. The van der Waals surface area contributed by atoms with E-state index in [1.807, 2.05) is 0 Å². The number of benzene rings is 2. The van der Waals surface area contributed by atoms with E-state index in [2.05, 4.69) is 5.32 Å². The van der Waals surface area contributed by atoms with Crippen molar-refractivity contribution < 1.29 is 27.5 Å². The minimum atomic E-state index is -4.58. The van der Waals surface area contributed by atoms with Crippen LogP contribution in [0.3, 0.4) is 0 Å². The molecular weight excluding hydrogens is 361 g/mol.